The summed E-state index contributed by atoms with van der Waals surface area (Å²) in [4.78, 5) is 12.8. The smallest absolute Gasteiger partial charge is 0.294 e. The molecule has 0 saturated carbocycles. The molecular weight excluding hydrogens is 454 g/mol. The molecule has 0 amide bonds. The van der Waals surface area contributed by atoms with Crippen LogP contribution < -0.4 is 0 Å². The van der Waals surface area contributed by atoms with Crippen molar-refractivity contribution in [1.82, 2.24) is 4.90 Å². The van der Waals surface area contributed by atoms with Crippen molar-refractivity contribution in [2.45, 2.75) is 81.0 Å². The van der Waals surface area contributed by atoms with Crippen molar-refractivity contribution in [3.05, 3.63) is 36.4 Å². The highest BCUT2D eigenvalue weighted by molar-refractivity contribution is 7.86. The summed E-state index contributed by atoms with van der Waals surface area (Å²) in [5, 5.41) is 0. The van der Waals surface area contributed by atoms with Gasteiger partial charge >= 0.3 is 0 Å². The van der Waals surface area contributed by atoms with E-state index < -0.39 is 30.0 Å². The van der Waals surface area contributed by atoms with Gasteiger partial charge in [-0.05, 0) is 69.3 Å². The molecule has 2 atom stereocenters. The first-order valence-electron chi connectivity index (χ1n) is 10.8. The van der Waals surface area contributed by atoms with E-state index in [1.54, 1.807) is 13.0 Å². The van der Waals surface area contributed by atoms with Crippen molar-refractivity contribution in [2.24, 2.45) is 0 Å². The van der Waals surface area contributed by atoms with Crippen molar-refractivity contribution >= 4 is 26.0 Å². The van der Waals surface area contributed by atoms with Crippen LogP contribution in [0.25, 0.3) is 0 Å². The molecule has 32 heavy (non-hydrogen) atoms. The Labute approximate surface area is 192 Å². The maximum atomic E-state index is 12.0. The minimum atomic E-state index is -4.72. The molecule has 8 nitrogen and oxygen atoms in total. The lowest BCUT2D eigenvalue weighted by Gasteiger charge is -2.29. The Balaban J connectivity index is 3.23. The normalized spacial score (nSPS) is 14.3. The van der Waals surface area contributed by atoms with Gasteiger partial charge in [0.05, 0.1) is 9.79 Å². The fourth-order valence-corrected chi connectivity index (χ4v) is 5.49. The van der Waals surface area contributed by atoms with Crippen molar-refractivity contribution in [2.75, 3.05) is 13.1 Å². The van der Waals surface area contributed by atoms with Crippen LogP contribution >= 0.6 is 0 Å². The van der Waals surface area contributed by atoms with Gasteiger partial charge in [-0.15, -0.1) is 6.58 Å². The molecular formula is C22H35NO7S2. The standard InChI is InChI=1S/C22H35NO7S2/c1-5-8-10-18(11-9-12-19(15-17(4)24)23(6-2)7-3)21-14-13-20(31(25,26)27)16-22(21)32(28,29)30/h5,13-14,16,18-19H,1,6-12,15H2,2-4H3,(H,25,26,27)(H,28,29,30). The van der Waals surface area contributed by atoms with E-state index in [2.05, 4.69) is 11.5 Å². The molecule has 0 aliphatic carbocycles. The van der Waals surface area contributed by atoms with Crippen LogP contribution in [0.15, 0.2) is 40.6 Å². The van der Waals surface area contributed by atoms with Crippen LogP contribution in [-0.4, -0.2) is 55.8 Å². The molecule has 0 aliphatic heterocycles. The van der Waals surface area contributed by atoms with Crippen LogP contribution in [0.3, 0.4) is 0 Å². The van der Waals surface area contributed by atoms with Gasteiger partial charge < -0.3 is 4.90 Å². The van der Waals surface area contributed by atoms with E-state index in [1.807, 2.05) is 13.8 Å². The predicted octanol–water partition coefficient (Wildman–Crippen LogP) is 4.09. The van der Waals surface area contributed by atoms with E-state index in [4.69, 9.17) is 0 Å². The molecule has 0 aliphatic rings. The minimum Gasteiger partial charge on any atom is -0.300 e. The second-order valence-corrected chi connectivity index (χ2v) is 10.7. The molecule has 182 valence electrons. The van der Waals surface area contributed by atoms with Crippen molar-refractivity contribution in [1.29, 1.82) is 0 Å². The molecule has 0 aromatic heterocycles. The molecule has 0 spiro atoms. The fraction of sp³-hybridized carbons (Fsp3) is 0.591. The third kappa shape index (κ3) is 8.74. The van der Waals surface area contributed by atoms with Crippen LogP contribution in [0, 0.1) is 0 Å². The maximum absolute atomic E-state index is 12.0. The quantitative estimate of drug-likeness (QED) is 0.278. The highest BCUT2D eigenvalue weighted by atomic mass is 32.2. The van der Waals surface area contributed by atoms with Gasteiger partial charge in [0.1, 0.15) is 5.78 Å². The highest BCUT2D eigenvalue weighted by Crippen LogP contribution is 2.34. The molecule has 0 fully saturated rings. The zero-order valence-corrected chi connectivity index (χ0v) is 20.7. The second-order valence-electron chi connectivity index (χ2n) is 7.92. The number of Topliss-reactive ketones (excluding diaryl/α,β-unsaturated/α-hetero) is 1. The number of rotatable bonds is 15. The summed E-state index contributed by atoms with van der Waals surface area (Å²) in [7, 11) is -9.35. The average Bonchev–Trinajstić information content (AvgIpc) is 2.69. The van der Waals surface area contributed by atoms with Gasteiger partial charge in [0.25, 0.3) is 20.2 Å². The number of nitrogens with zero attached hydrogens (tertiary/aromatic N) is 1. The lowest BCUT2D eigenvalue weighted by molar-refractivity contribution is -0.118. The number of ketones is 1. The summed E-state index contributed by atoms with van der Waals surface area (Å²) in [6.45, 7) is 11.0. The summed E-state index contributed by atoms with van der Waals surface area (Å²) < 4.78 is 65.9. The Morgan fingerprint density at radius 1 is 1.06 bits per heavy atom. The molecule has 2 N–H and O–H groups in total. The Bertz CT molecular complexity index is 984. The molecule has 2 unspecified atom stereocenters. The van der Waals surface area contributed by atoms with Crippen LogP contribution in [-0.2, 0) is 25.0 Å². The zero-order valence-electron chi connectivity index (χ0n) is 19.0. The van der Waals surface area contributed by atoms with Crippen molar-refractivity contribution in [3.63, 3.8) is 0 Å². The maximum Gasteiger partial charge on any atom is 0.294 e. The van der Waals surface area contributed by atoms with E-state index in [-0.39, 0.29) is 17.7 Å². The summed E-state index contributed by atoms with van der Waals surface area (Å²) in [5.74, 6) is -0.172. The van der Waals surface area contributed by atoms with Crippen LogP contribution in [0.4, 0.5) is 0 Å². The zero-order chi connectivity index (χ0) is 24.5. The molecule has 1 aromatic carbocycles. The third-order valence-electron chi connectivity index (χ3n) is 5.66. The molecule has 1 rings (SSSR count). The molecule has 0 radical (unpaired) electrons. The number of benzene rings is 1. The molecule has 0 bridgehead atoms. The first-order valence-corrected chi connectivity index (χ1v) is 13.7. The Hall–Kier alpha value is -1.59. The van der Waals surface area contributed by atoms with Gasteiger partial charge in [0.2, 0.25) is 0 Å². The topological polar surface area (TPSA) is 129 Å². The van der Waals surface area contributed by atoms with Gasteiger partial charge in [0.15, 0.2) is 0 Å². The van der Waals surface area contributed by atoms with Crippen molar-refractivity contribution in [3.8, 4) is 0 Å². The molecule has 0 saturated heterocycles. The lowest BCUT2D eigenvalue weighted by atomic mass is 9.88. The summed E-state index contributed by atoms with van der Waals surface area (Å²) in [6.07, 6.45) is 5.34. The lowest BCUT2D eigenvalue weighted by Crippen LogP contribution is -2.36. The van der Waals surface area contributed by atoms with Gasteiger partial charge in [-0.3, -0.25) is 13.9 Å². The van der Waals surface area contributed by atoms with Crippen LogP contribution in [0.5, 0.6) is 0 Å². The molecule has 0 heterocycles. The number of carbonyl (C=O) groups excluding carboxylic acids is 1. The van der Waals surface area contributed by atoms with Gasteiger partial charge in [-0.25, -0.2) is 0 Å². The Kier molecular flexibility index (Phi) is 11.2. The minimum absolute atomic E-state index is 0.0884. The van der Waals surface area contributed by atoms with Gasteiger partial charge in [-0.1, -0.05) is 32.4 Å². The third-order valence-corrected chi connectivity index (χ3v) is 7.42. The number of hydrogen-bond acceptors (Lipinski definition) is 6. The largest absolute Gasteiger partial charge is 0.300 e. The predicted molar refractivity (Wildman–Crippen MR) is 124 cm³/mol. The van der Waals surface area contributed by atoms with Gasteiger partial charge in [0, 0.05) is 12.5 Å². The van der Waals surface area contributed by atoms with Gasteiger partial charge in [-0.2, -0.15) is 16.8 Å². The number of carbonyl (C=O) groups is 1. The van der Waals surface area contributed by atoms with E-state index in [1.165, 1.54) is 6.07 Å². The SMILES string of the molecule is C=CCCC(CCCC(CC(C)=O)N(CC)CC)c1ccc(S(=O)(=O)O)cc1S(=O)(=O)O. The summed E-state index contributed by atoms with van der Waals surface area (Å²) in [6, 6.07) is 3.34. The van der Waals surface area contributed by atoms with Crippen molar-refractivity contribution < 1.29 is 30.7 Å². The molecule has 1 aromatic rings. The van der Waals surface area contributed by atoms with Crippen LogP contribution in [0.2, 0.25) is 0 Å². The van der Waals surface area contributed by atoms with E-state index >= 15 is 0 Å². The first-order chi connectivity index (χ1) is 14.8. The fourth-order valence-electron chi connectivity index (χ4n) is 4.10. The highest BCUT2D eigenvalue weighted by Gasteiger charge is 2.25. The Morgan fingerprint density at radius 3 is 2.16 bits per heavy atom. The summed E-state index contributed by atoms with van der Waals surface area (Å²) >= 11 is 0. The van der Waals surface area contributed by atoms with E-state index in [0.29, 0.717) is 37.7 Å². The number of hydrogen-bond donors (Lipinski definition) is 2. The first kappa shape index (κ1) is 28.4. The monoisotopic (exact) mass is 489 g/mol. The van der Waals surface area contributed by atoms with E-state index in [9.17, 15) is 30.7 Å². The Morgan fingerprint density at radius 2 is 1.69 bits per heavy atom. The van der Waals surface area contributed by atoms with E-state index in [0.717, 1.165) is 31.6 Å². The number of allylic oxidation sites excluding steroid dienone is 1. The average molecular weight is 490 g/mol. The van der Waals surface area contributed by atoms with Crippen LogP contribution in [0.1, 0.15) is 70.8 Å². The summed E-state index contributed by atoms with van der Waals surface area (Å²) in [5.41, 5.74) is 0.299. The molecule has 10 heteroatoms. The second kappa shape index (κ2) is 12.6.